The molecule has 1 amide bonds. The fourth-order valence-electron chi connectivity index (χ4n) is 1.01. The summed E-state index contributed by atoms with van der Waals surface area (Å²) in [6.45, 7) is 0.952. The van der Waals surface area contributed by atoms with Crippen molar-refractivity contribution in [3.05, 3.63) is 18.0 Å². The van der Waals surface area contributed by atoms with Crippen LogP contribution in [0.2, 0.25) is 0 Å². The van der Waals surface area contributed by atoms with Gasteiger partial charge in [0.2, 0.25) is 5.91 Å². The maximum Gasteiger partial charge on any atom is 0.235 e. The van der Waals surface area contributed by atoms with Crippen LogP contribution in [0.25, 0.3) is 0 Å². The number of aryl methyl sites for hydroxylation is 1. The smallest absolute Gasteiger partial charge is 0.235 e. The number of carbonyl (C=O) groups excluding carboxylic acids is 1. The first-order valence-corrected chi connectivity index (χ1v) is 4.33. The average molecular weight is 197 g/mol. The lowest BCUT2D eigenvalue weighted by Gasteiger charge is -2.07. The van der Waals surface area contributed by atoms with Crippen LogP contribution in [0.3, 0.4) is 0 Å². The summed E-state index contributed by atoms with van der Waals surface area (Å²) < 4.78 is 1.71. The van der Waals surface area contributed by atoms with Crippen molar-refractivity contribution in [3.63, 3.8) is 0 Å². The Labute approximate surface area is 82.3 Å². The number of hydrogen-bond donors (Lipinski definition) is 3. The van der Waals surface area contributed by atoms with Gasteiger partial charge in [0.15, 0.2) is 0 Å². The fraction of sp³-hybridized carbons (Fsp3) is 0.500. The topological polar surface area (TPSA) is 99.0 Å². The molecule has 0 radical (unpaired) electrons. The highest BCUT2D eigenvalue weighted by atomic mass is 16.1. The average Bonchev–Trinajstić information content (AvgIpc) is 2.51. The molecular weight excluding hydrogens is 182 g/mol. The SMILES string of the molecule is Cn1ccc(CNCC(N)C(N)=O)n1. The fourth-order valence-corrected chi connectivity index (χ4v) is 1.01. The van der Waals surface area contributed by atoms with Gasteiger partial charge in [0.05, 0.1) is 11.7 Å². The van der Waals surface area contributed by atoms with Crippen LogP contribution < -0.4 is 16.8 Å². The maximum absolute atomic E-state index is 10.6. The van der Waals surface area contributed by atoms with Crippen LogP contribution in [0.1, 0.15) is 5.69 Å². The van der Waals surface area contributed by atoms with E-state index in [4.69, 9.17) is 11.5 Å². The highest BCUT2D eigenvalue weighted by Gasteiger charge is 2.07. The lowest BCUT2D eigenvalue weighted by molar-refractivity contribution is -0.119. The lowest BCUT2D eigenvalue weighted by atomic mass is 10.3. The number of hydrogen-bond acceptors (Lipinski definition) is 4. The van der Waals surface area contributed by atoms with Gasteiger partial charge in [-0.2, -0.15) is 5.10 Å². The molecule has 6 heteroatoms. The molecule has 1 unspecified atom stereocenters. The molecule has 14 heavy (non-hydrogen) atoms. The molecule has 1 heterocycles. The van der Waals surface area contributed by atoms with E-state index < -0.39 is 11.9 Å². The van der Waals surface area contributed by atoms with E-state index >= 15 is 0 Å². The largest absolute Gasteiger partial charge is 0.368 e. The summed E-state index contributed by atoms with van der Waals surface area (Å²) in [5.74, 6) is -0.501. The molecule has 0 spiro atoms. The third-order valence-corrected chi connectivity index (χ3v) is 1.80. The highest BCUT2D eigenvalue weighted by Crippen LogP contribution is 1.92. The molecule has 0 aliphatic heterocycles. The Morgan fingerprint density at radius 2 is 2.50 bits per heavy atom. The molecule has 1 rings (SSSR count). The zero-order chi connectivity index (χ0) is 10.6. The first-order chi connectivity index (χ1) is 6.59. The summed E-state index contributed by atoms with van der Waals surface area (Å²) in [5, 5.41) is 7.14. The van der Waals surface area contributed by atoms with Crippen LogP contribution in [0.5, 0.6) is 0 Å². The van der Waals surface area contributed by atoms with E-state index in [0.29, 0.717) is 13.1 Å². The standard InChI is InChI=1S/C8H15N5O/c1-13-3-2-6(12-13)4-11-5-7(9)8(10)14/h2-3,7,11H,4-5,9H2,1H3,(H2,10,14). The molecule has 0 aromatic carbocycles. The summed E-state index contributed by atoms with van der Waals surface area (Å²) in [4.78, 5) is 10.6. The normalized spacial score (nSPS) is 12.7. The number of nitrogens with one attached hydrogen (secondary N) is 1. The summed E-state index contributed by atoms with van der Waals surface area (Å²) in [7, 11) is 1.85. The molecule has 0 saturated carbocycles. The van der Waals surface area contributed by atoms with Gasteiger partial charge in [0.25, 0.3) is 0 Å². The van der Waals surface area contributed by atoms with Crippen LogP contribution in [0.15, 0.2) is 12.3 Å². The third kappa shape index (κ3) is 3.15. The monoisotopic (exact) mass is 197 g/mol. The van der Waals surface area contributed by atoms with Gasteiger partial charge in [0.1, 0.15) is 0 Å². The van der Waals surface area contributed by atoms with Crippen molar-refractivity contribution < 1.29 is 4.79 Å². The molecule has 1 atom stereocenters. The number of nitrogens with two attached hydrogens (primary N) is 2. The number of nitrogens with zero attached hydrogens (tertiary/aromatic N) is 2. The Bertz CT molecular complexity index is 308. The Balaban J connectivity index is 2.25. The quantitative estimate of drug-likeness (QED) is 0.525. The Hall–Kier alpha value is -1.40. The Kier molecular flexibility index (Phi) is 3.61. The van der Waals surface area contributed by atoms with Crippen molar-refractivity contribution in [2.24, 2.45) is 18.5 Å². The first kappa shape index (κ1) is 10.7. The van der Waals surface area contributed by atoms with Gasteiger partial charge in [-0.15, -0.1) is 0 Å². The van der Waals surface area contributed by atoms with Crippen LogP contribution >= 0.6 is 0 Å². The molecule has 5 N–H and O–H groups in total. The number of aromatic nitrogens is 2. The van der Waals surface area contributed by atoms with Gasteiger partial charge in [-0.05, 0) is 6.07 Å². The number of amides is 1. The number of primary amides is 1. The molecule has 0 bridgehead atoms. The molecule has 6 nitrogen and oxygen atoms in total. The molecule has 1 aromatic rings. The molecule has 0 saturated heterocycles. The number of carbonyl (C=O) groups is 1. The summed E-state index contributed by atoms with van der Waals surface area (Å²) in [5.41, 5.74) is 11.3. The van der Waals surface area contributed by atoms with Gasteiger partial charge < -0.3 is 16.8 Å². The molecule has 1 aromatic heterocycles. The second-order valence-corrected chi connectivity index (χ2v) is 3.12. The zero-order valence-electron chi connectivity index (χ0n) is 8.10. The minimum atomic E-state index is -0.640. The molecule has 78 valence electrons. The maximum atomic E-state index is 10.6. The van der Waals surface area contributed by atoms with Crippen molar-refractivity contribution in [3.8, 4) is 0 Å². The molecular formula is C8H15N5O. The van der Waals surface area contributed by atoms with Crippen molar-refractivity contribution in [2.45, 2.75) is 12.6 Å². The van der Waals surface area contributed by atoms with Crippen molar-refractivity contribution in [2.75, 3.05) is 6.54 Å². The lowest BCUT2D eigenvalue weighted by Crippen LogP contribution is -2.44. The Morgan fingerprint density at radius 3 is 3.00 bits per heavy atom. The van der Waals surface area contributed by atoms with Gasteiger partial charge >= 0.3 is 0 Å². The van der Waals surface area contributed by atoms with Crippen LogP contribution in [-0.2, 0) is 18.4 Å². The number of rotatable bonds is 5. The van der Waals surface area contributed by atoms with E-state index in [0.717, 1.165) is 5.69 Å². The predicted molar refractivity (Wildman–Crippen MR) is 52.1 cm³/mol. The van der Waals surface area contributed by atoms with Crippen LogP contribution in [-0.4, -0.2) is 28.3 Å². The summed E-state index contributed by atoms with van der Waals surface area (Å²) in [6, 6.07) is 1.25. The summed E-state index contributed by atoms with van der Waals surface area (Å²) >= 11 is 0. The van der Waals surface area contributed by atoms with Crippen molar-refractivity contribution in [1.82, 2.24) is 15.1 Å². The zero-order valence-corrected chi connectivity index (χ0v) is 8.10. The third-order valence-electron chi connectivity index (χ3n) is 1.80. The predicted octanol–water partition coefficient (Wildman–Crippen LogP) is -1.68. The Morgan fingerprint density at radius 1 is 1.79 bits per heavy atom. The second kappa shape index (κ2) is 4.73. The van der Waals surface area contributed by atoms with Gasteiger partial charge in [-0.25, -0.2) is 0 Å². The van der Waals surface area contributed by atoms with Gasteiger partial charge in [-0.1, -0.05) is 0 Å². The van der Waals surface area contributed by atoms with Crippen LogP contribution in [0, 0.1) is 0 Å². The highest BCUT2D eigenvalue weighted by molar-refractivity contribution is 5.79. The minimum absolute atomic E-state index is 0.367. The van der Waals surface area contributed by atoms with E-state index in [1.807, 2.05) is 19.3 Å². The molecule has 0 fully saturated rings. The van der Waals surface area contributed by atoms with E-state index in [2.05, 4.69) is 10.4 Å². The van der Waals surface area contributed by atoms with E-state index in [-0.39, 0.29) is 0 Å². The minimum Gasteiger partial charge on any atom is -0.368 e. The van der Waals surface area contributed by atoms with E-state index in [9.17, 15) is 4.79 Å². The second-order valence-electron chi connectivity index (χ2n) is 3.12. The van der Waals surface area contributed by atoms with Crippen LogP contribution in [0.4, 0.5) is 0 Å². The van der Waals surface area contributed by atoms with Gasteiger partial charge in [-0.3, -0.25) is 9.48 Å². The van der Waals surface area contributed by atoms with Gasteiger partial charge in [0, 0.05) is 26.3 Å². The van der Waals surface area contributed by atoms with Crippen molar-refractivity contribution >= 4 is 5.91 Å². The molecule has 0 aliphatic carbocycles. The van der Waals surface area contributed by atoms with E-state index in [1.54, 1.807) is 4.68 Å². The van der Waals surface area contributed by atoms with E-state index in [1.165, 1.54) is 0 Å². The summed E-state index contributed by atoms with van der Waals surface area (Å²) in [6.07, 6.45) is 1.85. The van der Waals surface area contributed by atoms with Crippen molar-refractivity contribution in [1.29, 1.82) is 0 Å². The first-order valence-electron chi connectivity index (χ1n) is 4.33. The molecule has 0 aliphatic rings.